The summed E-state index contributed by atoms with van der Waals surface area (Å²) in [4.78, 5) is 13.6. The SMILES string of the molecule is C[C@@H](Oc1ccc(Cl)cc1)C(=O)Nc1ccc(CSc2ccccc2)cc1. The van der Waals surface area contributed by atoms with Gasteiger partial charge in [-0.3, -0.25) is 4.79 Å². The lowest BCUT2D eigenvalue weighted by Crippen LogP contribution is -2.30. The molecule has 27 heavy (non-hydrogen) atoms. The molecule has 1 amide bonds. The van der Waals surface area contributed by atoms with Crippen LogP contribution in [-0.2, 0) is 10.5 Å². The van der Waals surface area contributed by atoms with Gasteiger partial charge in [0.15, 0.2) is 6.10 Å². The molecule has 0 aliphatic heterocycles. The largest absolute Gasteiger partial charge is 0.481 e. The van der Waals surface area contributed by atoms with Crippen LogP contribution < -0.4 is 10.1 Å². The van der Waals surface area contributed by atoms with E-state index in [1.165, 1.54) is 10.5 Å². The number of amides is 1. The molecule has 0 aliphatic rings. The number of hydrogen-bond donors (Lipinski definition) is 1. The van der Waals surface area contributed by atoms with Gasteiger partial charge in [0.25, 0.3) is 5.91 Å². The highest BCUT2D eigenvalue weighted by Gasteiger charge is 2.14. The number of hydrogen-bond acceptors (Lipinski definition) is 3. The molecule has 0 aliphatic carbocycles. The van der Waals surface area contributed by atoms with Gasteiger partial charge in [-0.15, -0.1) is 11.8 Å². The van der Waals surface area contributed by atoms with Gasteiger partial charge >= 0.3 is 0 Å². The molecule has 3 rings (SSSR count). The minimum Gasteiger partial charge on any atom is -0.481 e. The van der Waals surface area contributed by atoms with E-state index in [1.807, 2.05) is 42.5 Å². The van der Waals surface area contributed by atoms with Gasteiger partial charge in [0.05, 0.1) is 0 Å². The number of nitrogens with one attached hydrogen (secondary N) is 1. The second kappa shape index (κ2) is 9.49. The Morgan fingerprint density at radius 2 is 1.67 bits per heavy atom. The minimum absolute atomic E-state index is 0.198. The van der Waals surface area contributed by atoms with E-state index in [0.717, 1.165) is 11.4 Å². The Balaban J connectivity index is 1.51. The van der Waals surface area contributed by atoms with Crippen LogP contribution in [0.5, 0.6) is 5.75 Å². The van der Waals surface area contributed by atoms with Crippen LogP contribution in [0.1, 0.15) is 12.5 Å². The molecule has 3 aromatic rings. The van der Waals surface area contributed by atoms with E-state index in [9.17, 15) is 4.79 Å². The van der Waals surface area contributed by atoms with Crippen LogP contribution in [0.25, 0.3) is 0 Å². The van der Waals surface area contributed by atoms with Gasteiger partial charge in [-0.25, -0.2) is 0 Å². The number of rotatable bonds is 7. The van der Waals surface area contributed by atoms with Crippen molar-refractivity contribution in [3.63, 3.8) is 0 Å². The number of benzene rings is 3. The summed E-state index contributed by atoms with van der Waals surface area (Å²) in [6.45, 7) is 1.72. The topological polar surface area (TPSA) is 38.3 Å². The van der Waals surface area contributed by atoms with Crippen LogP contribution in [0.3, 0.4) is 0 Å². The predicted molar refractivity (Wildman–Crippen MR) is 113 cm³/mol. The third-order valence-corrected chi connectivity index (χ3v) is 5.20. The highest BCUT2D eigenvalue weighted by molar-refractivity contribution is 7.98. The molecule has 3 aromatic carbocycles. The summed E-state index contributed by atoms with van der Waals surface area (Å²) < 4.78 is 5.64. The zero-order valence-electron chi connectivity index (χ0n) is 14.9. The van der Waals surface area contributed by atoms with Crippen molar-refractivity contribution in [2.24, 2.45) is 0 Å². The van der Waals surface area contributed by atoms with E-state index < -0.39 is 6.10 Å². The van der Waals surface area contributed by atoms with Crippen LogP contribution in [0.2, 0.25) is 5.02 Å². The molecule has 0 saturated carbocycles. The molecule has 0 spiro atoms. The molecule has 0 aromatic heterocycles. The molecule has 1 N–H and O–H groups in total. The highest BCUT2D eigenvalue weighted by atomic mass is 35.5. The van der Waals surface area contributed by atoms with E-state index in [0.29, 0.717) is 10.8 Å². The maximum Gasteiger partial charge on any atom is 0.265 e. The number of thioether (sulfide) groups is 1. The Hall–Kier alpha value is -2.43. The number of anilines is 1. The first-order valence-corrected chi connectivity index (χ1v) is 9.96. The van der Waals surface area contributed by atoms with E-state index in [4.69, 9.17) is 16.3 Å². The number of ether oxygens (including phenoxy) is 1. The van der Waals surface area contributed by atoms with Crippen molar-refractivity contribution in [2.45, 2.75) is 23.7 Å². The monoisotopic (exact) mass is 397 g/mol. The fraction of sp³-hybridized carbons (Fsp3) is 0.136. The first-order valence-electron chi connectivity index (χ1n) is 8.60. The summed E-state index contributed by atoms with van der Waals surface area (Å²) in [5.74, 6) is 1.29. The molecule has 1 atom stereocenters. The molecule has 0 heterocycles. The number of carbonyl (C=O) groups is 1. The van der Waals surface area contributed by atoms with Crippen LogP contribution in [0.15, 0.2) is 83.8 Å². The Labute approximate surface area is 168 Å². The molecule has 0 radical (unpaired) electrons. The van der Waals surface area contributed by atoms with Crippen LogP contribution >= 0.6 is 23.4 Å². The molecule has 138 valence electrons. The maximum atomic E-state index is 12.3. The summed E-state index contributed by atoms with van der Waals surface area (Å²) in [7, 11) is 0. The highest BCUT2D eigenvalue weighted by Crippen LogP contribution is 2.23. The smallest absolute Gasteiger partial charge is 0.265 e. The second-order valence-corrected chi connectivity index (χ2v) is 7.49. The second-order valence-electron chi connectivity index (χ2n) is 6.00. The van der Waals surface area contributed by atoms with Crippen LogP contribution in [0, 0.1) is 0 Å². The summed E-state index contributed by atoms with van der Waals surface area (Å²) >= 11 is 7.64. The van der Waals surface area contributed by atoms with Crippen molar-refractivity contribution in [1.29, 1.82) is 0 Å². The van der Waals surface area contributed by atoms with E-state index in [2.05, 4.69) is 17.4 Å². The predicted octanol–water partition coefficient (Wildman–Crippen LogP) is 6.04. The van der Waals surface area contributed by atoms with Crippen molar-refractivity contribution in [3.8, 4) is 5.75 Å². The first kappa shape index (κ1) is 19.3. The third kappa shape index (κ3) is 6.05. The fourth-order valence-corrected chi connectivity index (χ4v) is 3.38. The van der Waals surface area contributed by atoms with Gasteiger partial charge in [0.1, 0.15) is 5.75 Å². The van der Waals surface area contributed by atoms with E-state index in [-0.39, 0.29) is 5.91 Å². The Morgan fingerprint density at radius 3 is 2.33 bits per heavy atom. The molecular weight excluding hydrogens is 378 g/mol. The lowest BCUT2D eigenvalue weighted by molar-refractivity contribution is -0.122. The normalized spacial score (nSPS) is 11.6. The van der Waals surface area contributed by atoms with Crippen LogP contribution in [-0.4, -0.2) is 12.0 Å². The van der Waals surface area contributed by atoms with E-state index in [1.54, 1.807) is 43.0 Å². The Morgan fingerprint density at radius 1 is 1.00 bits per heavy atom. The first-order chi connectivity index (χ1) is 13.1. The average Bonchev–Trinajstić information content (AvgIpc) is 2.70. The zero-order chi connectivity index (χ0) is 19.1. The van der Waals surface area contributed by atoms with E-state index >= 15 is 0 Å². The molecule has 0 bridgehead atoms. The summed E-state index contributed by atoms with van der Waals surface area (Å²) in [6, 6.07) is 25.1. The van der Waals surface area contributed by atoms with Crippen molar-refractivity contribution in [2.75, 3.05) is 5.32 Å². The summed E-state index contributed by atoms with van der Waals surface area (Å²) in [5.41, 5.74) is 1.95. The van der Waals surface area contributed by atoms with Gasteiger partial charge < -0.3 is 10.1 Å². The molecule has 3 nitrogen and oxygen atoms in total. The molecule has 5 heteroatoms. The maximum absolute atomic E-state index is 12.3. The summed E-state index contributed by atoms with van der Waals surface area (Å²) in [5, 5.41) is 3.51. The zero-order valence-corrected chi connectivity index (χ0v) is 16.5. The van der Waals surface area contributed by atoms with Crippen molar-refractivity contribution >= 4 is 35.0 Å². The molecule has 0 saturated heterocycles. The van der Waals surface area contributed by atoms with Gasteiger partial charge in [-0.2, -0.15) is 0 Å². The van der Waals surface area contributed by atoms with Crippen LogP contribution in [0.4, 0.5) is 5.69 Å². The minimum atomic E-state index is -0.612. The molecular formula is C22H20ClNO2S. The van der Waals surface area contributed by atoms with Gasteiger partial charge in [-0.1, -0.05) is 41.9 Å². The standard InChI is InChI=1S/C22H20ClNO2S/c1-16(26-20-13-9-18(23)10-14-20)22(25)24-19-11-7-17(8-12-19)15-27-21-5-3-2-4-6-21/h2-14,16H,15H2,1H3,(H,24,25)/t16-/m1/s1. The Bertz CT molecular complexity index is 867. The average molecular weight is 398 g/mol. The molecule has 0 fully saturated rings. The third-order valence-electron chi connectivity index (χ3n) is 3.87. The van der Waals surface area contributed by atoms with Crippen molar-refractivity contribution in [3.05, 3.63) is 89.4 Å². The quantitative estimate of drug-likeness (QED) is 0.494. The lowest BCUT2D eigenvalue weighted by Gasteiger charge is -2.15. The summed E-state index contributed by atoms with van der Waals surface area (Å²) in [6.07, 6.45) is -0.612. The fourth-order valence-electron chi connectivity index (χ4n) is 2.38. The number of carbonyl (C=O) groups excluding carboxylic acids is 1. The van der Waals surface area contributed by atoms with Gasteiger partial charge in [0, 0.05) is 21.4 Å². The number of halogens is 1. The Kier molecular flexibility index (Phi) is 6.80. The van der Waals surface area contributed by atoms with Crippen molar-refractivity contribution < 1.29 is 9.53 Å². The van der Waals surface area contributed by atoms with Gasteiger partial charge in [0.2, 0.25) is 0 Å². The van der Waals surface area contributed by atoms with Crippen molar-refractivity contribution in [1.82, 2.24) is 0 Å². The van der Waals surface area contributed by atoms with Gasteiger partial charge in [-0.05, 0) is 61.0 Å². The molecule has 0 unspecified atom stereocenters. The lowest BCUT2D eigenvalue weighted by atomic mass is 10.2.